The van der Waals surface area contributed by atoms with E-state index < -0.39 is 0 Å². The van der Waals surface area contributed by atoms with E-state index in [-0.39, 0.29) is 5.78 Å². The Morgan fingerprint density at radius 3 is 2.72 bits per heavy atom. The average molecular weight is 395 g/mol. The molecule has 0 aromatic heterocycles. The zero-order valence-electron chi connectivity index (χ0n) is 17.0. The molecule has 2 aliphatic rings. The normalized spacial score (nSPS) is 16.9. The van der Waals surface area contributed by atoms with Crippen LogP contribution in [0.5, 0.6) is 17.2 Å². The molecule has 0 radical (unpaired) electrons. The lowest BCUT2D eigenvalue weighted by molar-refractivity contribution is 0.0649. The quantitative estimate of drug-likeness (QED) is 0.694. The maximum atomic E-state index is 13.0. The minimum absolute atomic E-state index is 0.103. The molecular formula is C23H25NO5. The van der Waals surface area contributed by atoms with Crippen LogP contribution in [0.25, 0.3) is 6.08 Å². The minimum Gasteiger partial charge on any atom is -0.494 e. The molecule has 2 aromatic rings. The second-order valence-corrected chi connectivity index (χ2v) is 7.13. The molecular weight excluding hydrogens is 370 g/mol. The third-order valence-corrected chi connectivity index (χ3v) is 5.10. The van der Waals surface area contributed by atoms with E-state index in [2.05, 4.69) is 4.90 Å². The summed E-state index contributed by atoms with van der Waals surface area (Å²) in [5.41, 5.74) is 3.35. The highest BCUT2D eigenvalue weighted by Gasteiger charge is 2.33. The Kier molecular flexibility index (Phi) is 5.56. The lowest BCUT2D eigenvalue weighted by atomic mass is 10.00. The number of ketones is 1. The lowest BCUT2D eigenvalue weighted by Gasteiger charge is -2.30. The number of hydrogen-bond acceptors (Lipinski definition) is 6. The summed E-state index contributed by atoms with van der Waals surface area (Å²) in [6.45, 7) is 7.14. The predicted molar refractivity (Wildman–Crippen MR) is 110 cm³/mol. The van der Waals surface area contributed by atoms with Gasteiger partial charge in [0.05, 0.1) is 18.8 Å². The van der Waals surface area contributed by atoms with E-state index in [0.717, 1.165) is 41.3 Å². The van der Waals surface area contributed by atoms with Crippen LogP contribution in [0.15, 0.2) is 36.1 Å². The molecule has 0 amide bonds. The van der Waals surface area contributed by atoms with Gasteiger partial charge in [-0.3, -0.25) is 9.69 Å². The molecule has 0 fully saturated rings. The minimum atomic E-state index is -0.103. The topological polar surface area (TPSA) is 57.2 Å². The number of carbonyl (C=O) groups is 1. The Hall–Kier alpha value is -2.83. The fourth-order valence-corrected chi connectivity index (χ4v) is 3.64. The maximum Gasteiger partial charge on any atom is 0.231 e. The number of hydrogen-bond donors (Lipinski definition) is 0. The largest absolute Gasteiger partial charge is 0.494 e. The second-order valence-electron chi connectivity index (χ2n) is 7.13. The molecule has 2 heterocycles. The molecule has 6 heteroatoms. The Bertz CT molecular complexity index is 949. The zero-order valence-corrected chi connectivity index (χ0v) is 17.0. The van der Waals surface area contributed by atoms with E-state index in [1.807, 2.05) is 44.2 Å². The number of rotatable bonds is 6. The van der Waals surface area contributed by atoms with Crippen LogP contribution in [0.4, 0.5) is 0 Å². The van der Waals surface area contributed by atoms with Gasteiger partial charge in [-0.25, -0.2) is 0 Å². The van der Waals surface area contributed by atoms with E-state index >= 15 is 0 Å². The number of allylic oxidation sites excluding steroid dienone is 1. The summed E-state index contributed by atoms with van der Waals surface area (Å²) in [6.07, 6.45) is 1.77. The summed E-state index contributed by atoms with van der Waals surface area (Å²) >= 11 is 0. The number of fused-ring (bicyclic) bond motifs is 2. The number of ether oxygens (including phenoxy) is 4. The predicted octanol–water partition coefficient (Wildman–Crippen LogP) is 3.81. The fourth-order valence-electron chi connectivity index (χ4n) is 3.64. The van der Waals surface area contributed by atoms with Gasteiger partial charge >= 0.3 is 0 Å². The Balaban J connectivity index is 1.59. The highest BCUT2D eigenvalue weighted by Crippen LogP contribution is 2.43. The van der Waals surface area contributed by atoms with Crippen molar-refractivity contribution in [3.63, 3.8) is 0 Å². The Morgan fingerprint density at radius 2 is 2.00 bits per heavy atom. The van der Waals surface area contributed by atoms with Gasteiger partial charge in [-0.05, 0) is 43.7 Å². The van der Waals surface area contributed by atoms with Crippen LogP contribution in [0, 0.1) is 6.92 Å². The number of methoxy groups -OCH3 is 1. The first-order valence-corrected chi connectivity index (χ1v) is 9.78. The molecule has 0 saturated carbocycles. The molecule has 152 valence electrons. The third-order valence-electron chi connectivity index (χ3n) is 5.10. The molecule has 0 unspecified atom stereocenters. The van der Waals surface area contributed by atoms with Gasteiger partial charge in [-0.2, -0.15) is 0 Å². The first kappa shape index (κ1) is 19.5. The van der Waals surface area contributed by atoms with Crippen molar-refractivity contribution in [1.82, 2.24) is 4.90 Å². The van der Waals surface area contributed by atoms with Crippen molar-refractivity contribution < 1.29 is 23.7 Å². The van der Waals surface area contributed by atoms with Gasteiger partial charge in [0.25, 0.3) is 0 Å². The van der Waals surface area contributed by atoms with Crippen molar-refractivity contribution in [2.45, 2.75) is 20.4 Å². The molecule has 0 bridgehead atoms. The summed E-state index contributed by atoms with van der Waals surface area (Å²) in [5.74, 6) is 2.43. The van der Waals surface area contributed by atoms with Crippen molar-refractivity contribution in [2.75, 3.05) is 33.6 Å². The Labute approximate surface area is 170 Å². The first-order chi connectivity index (χ1) is 14.1. The highest BCUT2D eigenvalue weighted by atomic mass is 16.5. The molecule has 6 nitrogen and oxygen atoms in total. The van der Waals surface area contributed by atoms with E-state index in [1.54, 1.807) is 13.2 Å². The summed E-state index contributed by atoms with van der Waals surface area (Å²) in [5, 5.41) is 0. The molecule has 0 N–H and O–H groups in total. The fraction of sp³-hybridized carbons (Fsp3) is 0.348. The Morgan fingerprint density at radius 1 is 1.21 bits per heavy atom. The van der Waals surface area contributed by atoms with Crippen LogP contribution < -0.4 is 14.2 Å². The summed E-state index contributed by atoms with van der Waals surface area (Å²) < 4.78 is 22.5. The van der Waals surface area contributed by atoms with Crippen molar-refractivity contribution in [3.8, 4) is 17.2 Å². The zero-order chi connectivity index (χ0) is 20.4. The van der Waals surface area contributed by atoms with Crippen LogP contribution >= 0.6 is 0 Å². The number of Topliss-reactive ketones (excluding diaryl/α,β-unsaturated/α-hetero) is 1. The van der Waals surface area contributed by atoms with Gasteiger partial charge in [0, 0.05) is 31.3 Å². The SMILES string of the molecule is CCOc1ccc(/C=C2\Oc3c(cc4c(c3C)OCN(CCOC)C4)C2=O)cc1. The average Bonchev–Trinajstić information content (AvgIpc) is 3.04. The van der Waals surface area contributed by atoms with Crippen molar-refractivity contribution in [3.05, 3.63) is 58.3 Å². The highest BCUT2D eigenvalue weighted by molar-refractivity contribution is 6.15. The molecule has 29 heavy (non-hydrogen) atoms. The molecule has 0 aliphatic carbocycles. The standard InChI is InChI=1S/C23H25NO5/c1-4-27-18-7-5-16(6-8-18)11-20-21(25)19-12-17-13-24(9-10-26-3)14-28-22(17)15(2)23(19)29-20/h5-8,11-12H,4,9-10,13-14H2,1-3H3/b20-11-. The van der Waals surface area contributed by atoms with Crippen LogP contribution in [-0.4, -0.2) is 44.3 Å². The maximum absolute atomic E-state index is 13.0. The molecule has 2 aromatic carbocycles. The van der Waals surface area contributed by atoms with Gasteiger partial charge in [0.1, 0.15) is 24.0 Å². The number of benzene rings is 2. The van der Waals surface area contributed by atoms with E-state index in [1.165, 1.54) is 0 Å². The molecule has 4 rings (SSSR count). The van der Waals surface area contributed by atoms with E-state index in [0.29, 0.717) is 37.0 Å². The van der Waals surface area contributed by atoms with E-state index in [9.17, 15) is 4.79 Å². The van der Waals surface area contributed by atoms with Gasteiger partial charge < -0.3 is 18.9 Å². The van der Waals surface area contributed by atoms with Crippen LogP contribution in [0.3, 0.4) is 0 Å². The van der Waals surface area contributed by atoms with Gasteiger partial charge in [-0.15, -0.1) is 0 Å². The van der Waals surface area contributed by atoms with Crippen molar-refractivity contribution in [1.29, 1.82) is 0 Å². The van der Waals surface area contributed by atoms with Crippen molar-refractivity contribution in [2.24, 2.45) is 0 Å². The first-order valence-electron chi connectivity index (χ1n) is 9.78. The van der Waals surface area contributed by atoms with Gasteiger partial charge in [0.2, 0.25) is 5.78 Å². The number of carbonyl (C=O) groups excluding carboxylic acids is 1. The third kappa shape index (κ3) is 3.86. The molecule has 0 saturated heterocycles. The number of nitrogens with zero attached hydrogens (tertiary/aromatic N) is 1. The van der Waals surface area contributed by atoms with Crippen LogP contribution in [0.2, 0.25) is 0 Å². The molecule has 0 atom stereocenters. The van der Waals surface area contributed by atoms with Gasteiger partial charge in [-0.1, -0.05) is 12.1 Å². The molecule has 2 aliphatic heterocycles. The van der Waals surface area contributed by atoms with Crippen LogP contribution in [-0.2, 0) is 11.3 Å². The van der Waals surface area contributed by atoms with Crippen LogP contribution in [0.1, 0.15) is 34.0 Å². The summed E-state index contributed by atoms with van der Waals surface area (Å²) in [4.78, 5) is 15.1. The monoisotopic (exact) mass is 395 g/mol. The lowest BCUT2D eigenvalue weighted by Crippen LogP contribution is -2.34. The van der Waals surface area contributed by atoms with E-state index in [4.69, 9.17) is 18.9 Å². The van der Waals surface area contributed by atoms with Gasteiger partial charge in [0.15, 0.2) is 5.76 Å². The smallest absolute Gasteiger partial charge is 0.231 e. The van der Waals surface area contributed by atoms with Crippen molar-refractivity contribution >= 4 is 11.9 Å². The molecule has 0 spiro atoms. The second kappa shape index (κ2) is 8.27. The summed E-state index contributed by atoms with van der Waals surface area (Å²) in [7, 11) is 1.68. The summed E-state index contributed by atoms with van der Waals surface area (Å²) in [6, 6.07) is 9.49.